The minimum atomic E-state index is -4.20. The first-order valence-electron chi connectivity index (χ1n) is 9.43. The van der Waals surface area contributed by atoms with E-state index in [1.807, 2.05) is 11.0 Å². The largest absolute Gasteiger partial charge is 0.391 e. The quantitative estimate of drug-likeness (QED) is 0.655. The predicted molar refractivity (Wildman–Crippen MR) is 100 cm³/mol. The Kier molecular flexibility index (Phi) is 5.28. The summed E-state index contributed by atoms with van der Waals surface area (Å²) in [5, 5.41) is 9.44. The van der Waals surface area contributed by atoms with Crippen molar-refractivity contribution in [1.29, 1.82) is 0 Å². The van der Waals surface area contributed by atoms with E-state index in [-0.39, 0.29) is 30.8 Å². The molecule has 3 aliphatic rings. The van der Waals surface area contributed by atoms with Crippen molar-refractivity contribution >= 4 is 23.2 Å². The van der Waals surface area contributed by atoms with Crippen LogP contribution in [0.5, 0.6) is 0 Å². The van der Waals surface area contributed by atoms with Gasteiger partial charge in [0, 0.05) is 12.7 Å². The van der Waals surface area contributed by atoms with Gasteiger partial charge < -0.3 is 20.9 Å². The summed E-state index contributed by atoms with van der Waals surface area (Å²) in [7, 11) is 0. The molecule has 0 aromatic carbocycles. The molecular formula is C18H22F3N5OS. The van der Waals surface area contributed by atoms with Crippen molar-refractivity contribution in [3.05, 3.63) is 29.6 Å². The number of pyridine rings is 1. The first-order valence-corrected chi connectivity index (χ1v) is 9.84. The highest BCUT2D eigenvalue weighted by Gasteiger charge is 2.44. The summed E-state index contributed by atoms with van der Waals surface area (Å²) in [6.45, 7) is 1.43. The van der Waals surface area contributed by atoms with Crippen molar-refractivity contribution in [3.63, 3.8) is 0 Å². The maximum absolute atomic E-state index is 13.2. The molecule has 0 saturated carbocycles. The van der Waals surface area contributed by atoms with Crippen LogP contribution in [0.3, 0.4) is 0 Å². The molecule has 0 radical (unpaired) electrons. The lowest BCUT2D eigenvalue weighted by Gasteiger charge is -2.39. The Morgan fingerprint density at radius 1 is 1.25 bits per heavy atom. The molecule has 152 valence electrons. The molecule has 4 rings (SSSR count). The molecule has 0 bridgehead atoms. The molecular weight excluding hydrogens is 391 g/mol. The van der Waals surface area contributed by atoms with Gasteiger partial charge in [0.2, 0.25) is 5.91 Å². The highest BCUT2D eigenvalue weighted by molar-refractivity contribution is 7.80. The zero-order valence-corrected chi connectivity index (χ0v) is 15.9. The number of halogens is 3. The molecule has 6 nitrogen and oxygen atoms in total. The van der Waals surface area contributed by atoms with Crippen molar-refractivity contribution < 1.29 is 18.0 Å². The lowest BCUT2D eigenvalue weighted by atomic mass is 9.88. The van der Waals surface area contributed by atoms with Crippen LogP contribution in [0.15, 0.2) is 18.3 Å². The SMILES string of the molecule is O=C1NC(=S)N(Cc2cccnc2[C@H]2C[C@@H](C(F)(F)F)CCN2)C2CCNC12. The van der Waals surface area contributed by atoms with Crippen LogP contribution < -0.4 is 16.0 Å². The third-order valence-electron chi connectivity index (χ3n) is 5.83. The van der Waals surface area contributed by atoms with Gasteiger partial charge in [0.1, 0.15) is 6.04 Å². The smallest absolute Gasteiger partial charge is 0.339 e. The highest BCUT2D eigenvalue weighted by Crippen LogP contribution is 2.38. The first kappa shape index (κ1) is 19.5. The molecule has 0 aliphatic carbocycles. The van der Waals surface area contributed by atoms with E-state index < -0.39 is 18.1 Å². The van der Waals surface area contributed by atoms with E-state index in [2.05, 4.69) is 20.9 Å². The second kappa shape index (κ2) is 7.57. The number of carbonyl (C=O) groups is 1. The summed E-state index contributed by atoms with van der Waals surface area (Å²) in [6.07, 6.45) is -1.75. The van der Waals surface area contributed by atoms with Crippen LogP contribution in [0.2, 0.25) is 0 Å². The number of fused-ring (bicyclic) bond motifs is 1. The lowest BCUT2D eigenvalue weighted by Crippen LogP contribution is -2.63. The molecule has 28 heavy (non-hydrogen) atoms. The molecule has 3 fully saturated rings. The fourth-order valence-electron chi connectivity index (χ4n) is 4.39. The number of piperidine rings is 1. The van der Waals surface area contributed by atoms with Crippen molar-refractivity contribution in [2.24, 2.45) is 5.92 Å². The van der Waals surface area contributed by atoms with Gasteiger partial charge in [-0.3, -0.25) is 9.78 Å². The molecule has 4 atom stereocenters. The number of carbonyl (C=O) groups excluding carboxylic acids is 1. The molecule has 1 amide bonds. The summed E-state index contributed by atoms with van der Waals surface area (Å²) < 4.78 is 39.7. The van der Waals surface area contributed by atoms with Crippen molar-refractivity contribution in [1.82, 2.24) is 25.8 Å². The molecule has 3 aliphatic heterocycles. The first-order chi connectivity index (χ1) is 13.3. The summed E-state index contributed by atoms with van der Waals surface area (Å²) in [5.74, 6) is -1.45. The average Bonchev–Trinajstić information content (AvgIpc) is 3.15. The molecule has 4 heterocycles. The second-order valence-electron chi connectivity index (χ2n) is 7.53. The van der Waals surface area contributed by atoms with Gasteiger partial charge in [0.05, 0.1) is 23.7 Å². The minimum absolute atomic E-state index is 0.0255. The van der Waals surface area contributed by atoms with E-state index in [1.165, 1.54) is 0 Å². The van der Waals surface area contributed by atoms with Gasteiger partial charge in [-0.05, 0) is 56.2 Å². The Morgan fingerprint density at radius 2 is 2.04 bits per heavy atom. The topological polar surface area (TPSA) is 69.3 Å². The Morgan fingerprint density at radius 3 is 2.82 bits per heavy atom. The molecule has 2 unspecified atom stereocenters. The number of amides is 1. The monoisotopic (exact) mass is 413 g/mol. The molecule has 3 N–H and O–H groups in total. The maximum atomic E-state index is 13.2. The zero-order chi connectivity index (χ0) is 19.9. The summed E-state index contributed by atoms with van der Waals surface area (Å²) >= 11 is 5.38. The Bertz CT molecular complexity index is 774. The summed E-state index contributed by atoms with van der Waals surface area (Å²) in [6, 6.07) is 2.81. The van der Waals surface area contributed by atoms with E-state index in [9.17, 15) is 18.0 Å². The van der Waals surface area contributed by atoms with Gasteiger partial charge in [-0.25, -0.2) is 0 Å². The Balaban J connectivity index is 1.56. The molecule has 10 heteroatoms. The zero-order valence-electron chi connectivity index (χ0n) is 15.1. The summed E-state index contributed by atoms with van der Waals surface area (Å²) in [4.78, 5) is 18.5. The molecule has 3 saturated heterocycles. The number of thiocarbonyl (C=S) groups is 1. The van der Waals surface area contributed by atoms with Gasteiger partial charge in [0.25, 0.3) is 0 Å². The van der Waals surface area contributed by atoms with Crippen molar-refractivity contribution in [2.45, 2.75) is 50.1 Å². The van der Waals surface area contributed by atoms with Gasteiger partial charge in [-0.2, -0.15) is 13.2 Å². The number of alkyl halides is 3. The Labute approximate surface area is 166 Å². The van der Waals surface area contributed by atoms with Crippen LogP contribution in [0.1, 0.15) is 36.6 Å². The van der Waals surface area contributed by atoms with E-state index >= 15 is 0 Å². The van der Waals surface area contributed by atoms with Crippen molar-refractivity contribution in [2.75, 3.05) is 13.1 Å². The number of hydrogen-bond donors (Lipinski definition) is 3. The number of rotatable bonds is 3. The molecule has 1 aromatic rings. The van der Waals surface area contributed by atoms with Gasteiger partial charge in [-0.1, -0.05) is 6.07 Å². The minimum Gasteiger partial charge on any atom is -0.339 e. The molecule has 0 spiro atoms. The number of nitrogens with one attached hydrogen (secondary N) is 3. The standard InChI is InChI=1S/C18H22F3N5OS/c19-18(20,21)11-3-6-22-12(8-11)14-10(2-1-5-23-14)9-26-13-4-7-24-15(13)16(27)25-17(26)28/h1-2,5,11-13,15,22,24H,3-4,6-9H2,(H,25,27,28)/t11-,12+,13?,15?/m0/s1. The van der Waals surface area contributed by atoms with E-state index in [0.717, 1.165) is 18.5 Å². The number of aromatic nitrogens is 1. The Hall–Kier alpha value is -1.78. The fraction of sp³-hybridized carbons (Fsp3) is 0.611. The van der Waals surface area contributed by atoms with Crippen LogP contribution >= 0.6 is 12.2 Å². The van der Waals surface area contributed by atoms with E-state index in [1.54, 1.807) is 12.3 Å². The van der Waals surface area contributed by atoms with Crippen LogP contribution in [0.4, 0.5) is 13.2 Å². The molecule has 1 aromatic heterocycles. The normalized spacial score (nSPS) is 30.9. The lowest BCUT2D eigenvalue weighted by molar-refractivity contribution is -0.183. The van der Waals surface area contributed by atoms with Crippen LogP contribution in [0, 0.1) is 5.92 Å². The second-order valence-corrected chi connectivity index (χ2v) is 7.91. The number of nitrogens with zero attached hydrogens (tertiary/aromatic N) is 2. The van der Waals surface area contributed by atoms with Gasteiger partial charge >= 0.3 is 6.18 Å². The number of hydrogen-bond acceptors (Lipinski definition) is 5. The third kappa shape index (κ3) is 3.72. The predicted octanol–water partition coefficient (Wildman–Crippen LogP) is 1.63. The third-order valence-corrected chi connectivity index (χ3v) is 6.16. The summed E-state index contributed by atoms with van der Waals surface area (Å²) in [5.41, 5.74) is 1.45. The van der Waals surface area contributed by atoms with Crippen LogP contribution in [0.25, 0.3) is 0 Å². The van der Waals surface area contributed by atoms with Gasteiger partial charge in [0.15, 0.2) is 5.11 Å². The highest BCUT2D eigenvalue weighted by atomic mass is 32.1. The van der Waals surface area contributed by atoms with Crippen LogP contribution in [-0.2, 0) is 11.3 Å². The van der Waals surface area contributed by atoms with Gasteiger partial charge in [-0.15, -0.1) is 0 Å². The van der Waals surface area contributed by atoms with Crippen LogP contribution in [-0.4, -0.2) is 52.3 Å². The fourth-order valence-corrected chi connectivity index (χ4v) is 4.69. The maximum Gasteiger partial charge on any atom is 0.391 e. The average molecular weight is 413 g/mol. The van der Waals surface area contributed by atoms with E-state index in [0.29, 0.717) is 23.9 Å². The van der Waals surface area contributed by atoms with E-state index in [4.69, 9.17) is 12.2 Å². The van der Waals surface area contributed by atoms with Crippen molar-refractivity contribution in [3.8, 4) is 0 Å².